The first-order valence-electron chi connectivity index (χ1n) is 24.3. The van der Waals surface area contributed by atoms with E-state index in [0.29, 0.717) is 19.3 Å². The van der Waals surface area contributed by atoms with Crippen molar-refractivity contribution in [1.82, 2.24) is 5.32 Å². The van der Waals surface area contributed by atoms with Crippen molar-refractivity contribution in [3.63, 3.8) is 0 Å². The van der Waals surface area contributed by atoms with E-state index in [-0.39, 0.29) is 24.9 Å². The fourth-order valence-corrected chi connectivity index (χ4v) is 6.89. The van der Waals surface area contributed by atoms with Crippen LogP contribution in [0.3, 0.4) is 0 Å². The van der Waals surface area contributed by atoms with Gasteiger partial charge in [-0.05, 0) is 83.5 Å². The van der Waals surface area contributed by atoms with Crippen LogP contribution in [0.25, 0.3) is 0 Å². The quantitative estimate of drug-likeness (QED) is 0.0247. The molecule has 6 heteroatoms. The molecule has 0 spiro atoms. The third kappa shape index (κ3) is 41.6. The maximum absolute atomic E-state index is 13.2. The van der Waals surface area contributed by atoms with Gasteiger partial charge in [0.15, 0.2) is 0 Å². The Labute approximate surface area is 363 Å². The van der Waals surface area contributed by atoms with Crippen LogP contribution in [0.2, 0.25) is 0 Å². The third-order valence-corrected chi connectivity index (χ3v) is 10.5. The van der Waals surface area contributed by atoms with Gasteiger partial charge < -0.3 is 20.3 Å². The fraction of sp³-hybridized carbons (Fsp3) is 0.698. The molecule has 0 aromatic carbocycles. The van der Waals surface area contributed by atoms with E-state index in [0.717, 1.165) is 103 Å². The Bertz CT molecular complexity index is 1150. The van der Waals surface area contributed by atoms with E-state index in [1.54, 1.807) is 0 Å². The number of carbonyl (C=O) groups is 2. The van der Waals surface area contributed by atoms with Crippen molar-refractivity contribution in [2.75, 3.05) is 6.61 Å². The summed E-state index contributed by atoms with van der Waals surface area (Å²) in [5.41, 5.74) is 0. The van der Waals surface area contributed by atoms with Crippen LogP contribution < -0.4 is 5.32 Å². The number of amides is 1. The number of hydrogen-bond donors (Lipinski definition) is 3. The van der Waals surface area contributed by atoms with Crippen molar-refractivity contribution in [3.05, 3.63) is 85.1 Å². The molecular weight excluding hydrogens is 731 g/mol. The maximum Gasteiger partial charge on any atom is 0.306 e. The first kappa shape index (κ1) is 56.0. The summed E-state index contributed by atoms with van der Waals surface area (Å²) in [6, 6.07) is -0.723. The van der Waals surface area contributed by atoms with E-state index in [1.165, 1.54) is 64.2 Å². The molecule has 0 rings (SSSR count). The minimum absolute atomic E-state index is 0.0372. The largest absolute Gasteiger partial charge is 0.462 e. The number of aliphatic hydroxyl groups is 2. The van der Waals surface area contributed by atoms with E-state index >= 15 is 0 Å². The Morgan fingerprint density at radius 1 is 0.525 bits per heavy atom. The van der Waals surface area contributed by atoms with Gasteiger partial charge in [-0.15, -0.1) is 0 Å². The molecule has 1 amide bonds. The smallest absolute Gasteiger partial charge is 0.306 e. The van der Waals surface area contributed by atoms with Crippen LogP contribution in [0.1, 0.15) is 213 Å². The highest BCUT2D eigenvalue weighted by atomic mass is 16.5. The van der Waals surface area contributed by atoms with Crippen LogP contribution in [0.15, 0.2) is 85.1 Å². The summed E-state index contributed by atoms with van der Waals surface area (Å²) in [6.07, 6.45) is 59.3. The third-order valence-electron chi connectivity index (χ3n) is 10.5. The minimum Gasteiger partial charge on any atom is -0.462 e. The van der Waals surface area contributed by atoms with E-state index in [2.05, 4.69) is 99.0 Å². The Hall–Kier alpha value is -2.96. The zero-order valence-electron chi connectivity index (χ0n) is 38.4. The van der Waals surface area contributed by atoms with E-state index in [1.807, 2.05) is 12.2 Å². The summed E-state index contributed by atoms with van der Waals surface area (Å²) in [5.74, 6) is -0.553. The van der Waals surface area contributed by atoms with Crippen molar-refractivity contribution in [2.24, 2.45) is 0 Å². The van der Waals surface area contributed by atoms with Crippen molar-refractivity contribution >= 4 is 11.9 Å². The molecule has 0 aliphatic heterocycles. The molecular formula is C53H91NO5. The summed E-state index contributed by atoms with van der Waals surface area (Å²) in [4.78, 5) is 26.0. The number of esters is 1. The summed E-state index contributed by atoms with van der Waals surface area (Å²) in [6.45, 7) is 6.20. The molecule has 0 aromatic heterocycles. The van der Waals surface area contributed by atoms with Gasteiger partial charge >= 0.3 is 5.97 Å². The average molecular weight is 822 g/mol. The topological polar surface area (TPSA) is 95.9 Å². The lowest BCUT2D eigenvalue weighted by atomic mass is 10.0. The Morgan fingerprint density at radius 3 is 1.58 bits per heavy atom. The van der Waals surface area contributed by atoms with Gasteiger partial charge in [-0.2, -0.15) is 0 Å². The molecule has 0 heterocycles. The molecule has 0 aliphatic carbocycles. The van der Waals surface area contributed by atoms with Crippen molar-refractivity contribution < 1.29 is 24.5 Å². The van der Waals surface area contributed by atoms with Crippen LogP contribution in [0.4, 0.5) is 0 Å². The Kier molecular flexibility index (Phi) is 43.8. The summed E-state index contributed by atoms with van der Waals surface area (Å²) in [7, 11) is 0. The van der Waals surface area contributed by atoms with E-state index < -0.39 is 18.2 Å². The van der Waals surface area contributed by atoms with Crippen molar-refractivity contribution in [3.8, 4) is 0 Å². The molecule has 0 aliphatic rings. The van der Waals surface area contributed by atoms with Gasteiger partial charge in [-0.25, -0.2) is 0 Å². The lowest BCUT2D eigenvalue weighted by Gasteiger charge is -2.24. The number of hydrogen-bond acceptors (Lipinski definition) is 5. The molecule has 0 fully saturated rings. The molecule has 6 nitrogen and oxygen atoms in total. The molecule has 0 saturated carbocycles. The van der Waals surface area contributed by atoms with Crippen molar-refractivity contribution in [2.45, 2.75) is 232 Å². The standard InChI is InChI=1S/C53H91NO5/c1-4-7-10-13-16-19-22-24-25-26-28-31-34-37-40-43-46-53(58)59-49(44-41-38-35-32-29-21-18-15-12-9-6-3)47-52(57)54-50(48-55)51(56)45-42-39-36-33-30-27-23-20-17-14-11-8-5-2/h7,9-10,12,15-16,18-19,21,24-25,28-29,31,49-51,55-56H,4-6,8,11,13-14,17,20,22-23,26-27,30,32-48H2,1-3H3,(H,54,57)/b10-7+,12-9+,18-15+,19-16+,25-24+,29-21-,31-28+. The molecule has 3 unspecified atom stereocenters. The zero-order valence-corrected chi connectivity index (χ0v) is 38.4. The zero-order chi connectivity index (χ0) is 43.1. The maximum atomic E-state index is 13.2. The SMILES string of the molecule is CC/C=C/C=C/C=C\CCCCCC(CC(=O)NC(CO)C(O)CCCCCCCCCCCCCCC)OC(=O)CCCCC/C=C/C/C=C/C/C=C/C/C=C/CC. The van der Waals surface area contributed by atoms with Crippen LogP contribution in [0, 0.1) is 0 Å². The first-order valence-corrected chi connectivity index (χ1v) is 24.3. The van der Waals surface area contributed by atoms with Crippen LogP contribution >= 0.6 is 0 Å². The molecule has 3 atom stereocenters. The highest BCUT2D eigenvalue weighted by molar-refractivity contribution is 5.77. The predicted molar refractivity (Wildman–Crippen MR) is 254 cm³/mol. The highest BCUT2D eigenvalue weighted by Gasteiger charge is 2.24. The predicted octanol–water partition coefficient (Wildman–Crippen LogP) is 14.4. The van der Waals surface area contributed by atoms with Crippen molar-refractivity contribution in [1.29, 1.82) is 0 Å². The molecule has 0 radical (unpaired) electrons. The summed E-state index contributed by atoms with van der Waals surface area (Å²) >= 11 is 0. The average Bonchev–Trinajstić information content (AvgIpc) is 3.23. The summed E-state index contributed by atoms with van der Waals surface area (Å²) < 4.78 is 5.88. The highest BCUT2D eigenvalue weighted by Crippen LogP contribution is 2.17. The van der Waals surface area contributed by atoms with Crippen LogP contribution in [-0.2, 0) is 14.3 Å². The van der Waals surface area contributed by atoms with Crippen LogP contribution in [0.5, 0.6) is 0 Å². The first-order chi connectivity index (χ1) is 29.0. The van der Waals surface area contributed by atoms with Gasteiger partial charge in [-0.3, -0.25) is 9.59 Å². The van der Waals surface area contributed by atoms with Gasteiger partial charge in [0.1, 0.15) is 6.10 Å². The lowest BCUT2D eigenvalue weighted by Crippen LogP contribution is -2.46. The number of unbranched alkanes of at least 4 members (excludes halogenated alkanes) is 18. The second-order valence-electron chi connectivity index (χ2n) is 16.2. The monoisotopic (exact) mass is 822 g/mol. The van der Waals surface area contributed by atoms with E-state index in [4.69, 9.17) is 4.74 Å². The fourth-order valence-electron chi connectivity index (χ4n) is 6.89. The van der Waals surface area contributed by atoms with Gasteiger partial charge in [0.2, 0.25) is 5.91 Å². The number of carbonyl (C=O) groups excluding carboxylic acids is 2. The summed E-state index contributed by atoms with van der Waals surface area (Å²) in [5, 5.41) is 23.7. The second kappa shape index (κ2) is 46.1. The number of allylic oxidation sites excluding steroid dienone is 14. The van der Waals surface area contributed by atoms with E-state index in [9.17, 15) is 19.8 Å². The van der Waals surface area contributed by atoms with Gasteiger partial charge in [0, 0.05) is 6.42 Å². The van der Waals surface area contributed by atoms with Gasteiger partial charge in [0.05, 0.1) is 25.2 Å². The molecule has 0 saturated heterocycles. The lowest BCUT2D eigenvalue weighted by molar-refractivity contribution is -0.151. The van der Waals surface area contributed by atoms with Gasteiger partial charge in [0.25, 0.3) is 0 Å². The molecule has 3 N–H and O–H groups in total. The number of nitrogens with one attached hydrogen (secondary N) is 1. The second-order valence-corrected chi connectivity index (χ2v) is 16.2. The molecule has 0 bridgehead atoms. The Morgan fingerprint density at radius 2 is 1.00 bits per heavy atom. The molecule has 59 heavy (non-hydrogen) atoms. The molecule has 0 aromatic rings. The minimum atomic E-state index is -0.806. The number of ether oxygens (including phenoxy) is 1. The van der Waals surface area contributed by atoms with Crippen LogP contribution in [-0.4, -0.2) is 46.9 Å². The number of rotatable bonds is 42. The van der Waals surface area contributed by atoms with Gasteiger partial charge in [-0.1, -0.05) is 202 Å². The Balaban J connectivity index is 4.65. The number of aliphatic hydroxyl groups excluding tert-OH is 2. The normalized spacial score (nSPS) is 14.1. The molecule has 338 valence electrons.